The van der Waals surface area contributed by atoms with Crippen LogP contribution >= 0.6 is 23.2 Å². The Morgan fingerprint density at radius 3 is 2.68 bits per heavy atom. The second kappa shape index (κ2) is 8.20. The molecule has 0 amide bonds. The van der Waals surface area contributed by atoms with E-state index in [1.54, 1.807) is 12.3 Å². The first kappa shape index (κ1) is 21.8. The van der Waals surface area contributed by atoms with Crippen LogP contribution in [0.2, 0.25) is 10.0 Å². The van der Waals surface area contributed by atoms with Crippen molar-refractivity contribution in [2.75, 3.05) is 18.0 Å². The standard InChI is InChI=1S/C25H24Cl2N6O/c26-17-5-1-3-16(20(17)27)23-31-19(14-34)21-24(30-9-12-33(21)23)32-10-6-25(7-11-32)13-18-15(22(25)28)4-2-8-29-18/h1-5,8-9,12,22,34H,6-7,10-11,13-14,28H2. The van der Waals surface area contributed by atoms with Crippen LogP contribution in [-0.2, 0) is 13.0 Å². The molecule has 2 aliphatic rings. The molecule has 1 saturated heterocycles. The molecular weight excluding hydrogens is 471 g/mol. The number of rotatable bonds is 3. The van der Waals surface area contributed by atoms with Gasteiger partial charge in [0.2, 0.25) is 0 Å². The fraction of sp³-hybridized carbons (Fsp3) is 0.320. The Kier molecular flexibility index (Phi) is 5.26. The normalized spacial score (nSPS) is 19.2. The fourth-order valence-electron chi connectivity index (χ4n) is 5.61. The first-order valence-corrected chi connectivity index (χ1v) is 12.1. The van der Waals surface area contributed by atoms with Crippen LogP contribution < -0.4 is 10.6 Å². The first-order valence-electron chi connectivity index (χ1n) is 11.4. The summed E-state index contributed by atoms with van der Waals surface area (Å²) in [6, 6.07) is 9.54. The summed E-state index contributed by atoms with van der Waals surface area (Å²) in [5.41, 5.74) is 11.1. The smallest absolute Gasteiger partial charge is 0.154 e. The number of halogens is 2. The fourth-order valence-corrected chi connectivity index (χ4v) is 5.99. The van der Waals surface area contributed by atoms with Crippen molar-refractivity contribution in [1.29, 1.82) is 0 Å². The maximum Gasteiger partial charge on any atom is 0.154 e. The minimum atomic E-state index is -0.204. The third-order valence-electron chi connectivity index (χ3n) is 7.45. The van der Waals surface area contributed by atoms with E-state index in [4.69, 9.17) is 38.9 Å². The van der Waals surface area contributed by atoms with E-state index in [2.05, 4.69) is 16.0 Å². The number of aromatic nitrogens is 4. The number of nitrogens with two attached hydrogens (primary N) is 1. The summed E-state index contributed by atoms with van der Waals surface area (Å²) >= 11 is 12.8. The second-order valence-electron chi connectivity index (χ2n) is 9.15. The maximum atomic E-state index is 10.1. The topological polar surface area (TPSA) is 92.6 Å². The monoisotopic (exact) mass is 494 g/mol. The molecule has 9 heteroatoms. The van der Waals surface area contributed by atoms with Crippen molar-refractivity contribution in [2.45, 2.75) is 31.9 Å². The van der Waals surface area contributed by atoms with Gasteiger partial charge < -0.3 is 15.7 Å². The van der Waals surface area contributed by atoms with Crippen molar-refractivity contribution in [3.63, 3.8) is 0 Å². The van der Waals surface area contributed by atoms with E-state index in [1.807, 2.05) is 35.0 Å². The van der Waals surface area contributed by atoms with Gasteiger partial charge in [0.1, 0.15) is 11.3 Å². The number of fused-ring (bicyclic) bond motifs is 2. The van der Waals surface area contributed by atoms with Crippen LogP contribution in [0.5, 0.6) is 0 Å². The van der Waals surface area contributed by atoms with Crippen LogP contribution in [0.4, 0.5) is 5.82 Å². The highest BCUT2D eigenvalue weighted by molar-refractivity contribution is 6.43. The largest absolute Gasteiger partial charge is 0.390 e. The van der Waals surface area contributed by atoms with Gasteiger partial charge in [-0.15, -0.1) is 0 Å². The Bertz CT molecular complexity index is 1400. The van der Waals surface area contributed by atoms with E-state index in [9.17, 15) is 5.11 Å². The molecule has 1 atom stereocenters. The molecule has 3 aromatic heterocycles. The summed E-state index contributed by atoms with van der Waals surface area (Å²) in [4.78, 5) is 16.3. The van der Waals surface area contributed by atoms with Gasteiger partial charge in [-0.25, -0.2) is 9.97 Å². The number of nitrogens with zero attached hydrogens (tertiary/aromatic N) is 5. The SMILES string of the molecule is NC1c2cccnc2CC12CCN(c1nccn3c(-c4cccc(Cl)c4Cl)nc(CO)c13)CC2. The van der Waals surface area contributed by atoms with E-state index in [-0.39, 0.29) is 18.1 Å². The van der Waals surface area contributed by atoms with Gasteiger partial charge in [0.15, 0.2) is 5.82 Å². The predicted molar refractivity (Wildman–Crippen MR) is 133 cm³/mol. The molecule has 3 N–H and O–H groups in total. The van der Waals surface area contributed by atoms with Gasteiger partial charge in [0, 0.05) is 49.0 Å². The zero-order valence-electron chi connectivity index (χ0n) is 18.5. The van der Waals surface area contributed by atoms with Crippen molar-refractivity contribution in [2.24, 2.45) is 11.1 Å². The average molecular weight is 495 g/mol. The molecule has 0 radical (unpaired) electrons. The van der Waals surface area contributed by atoms with Crippen LogP contribution in [0.15, 0.2) is 48.9 Å². The number of hydrogen-bond acceptors (Lipinski definition) is 6. The summed E-state index contributed by atoms with van der Waals surface area (Å²) in [5.74, 6) is 1.43. The highest BCUT2D eigenvalue weighted by Crippen LogP contribution is 2.50. The number of pyridine rings is 1. The summed E-state index contributed by atoms with van der Waals surface area (Å²) in [6.45, 7) is 1.43. The van der Waals surface area contributed by atoms with Crippen molar-refractivity contribution >= 4 is 34.5 Å². The van der Waals surface area contributed by atoms with Gasteiger partial charge in [-0.2, -0.15) is 0 Å². The summed E-state index contributed by atoms with van der Waals surface area (Å²) < 4.78 is 1.94. The molecule has 4 heterocycles. The van der Waals surface area contributed by atoms with Crippen molar-refractivity contribution in [3.05, 3.63) is 75.9 Å². The maximum absolute atomic E-state index is 10.1. The zero-order valence-corrected chi connectivity index (χ0v) is 20.0. The van der Waals surface area contributed by atoms with Gasteiger partial charge in [-0.1, -0.05) is 35.3 Å². The number of hydrogen-bond donors (Lipinski definition) is 2. The van der Waals surface area contributed by atoms with Crippen LogP contribution in [0.1, 0.15) is 35.8 Å². The lowest BCUT2D eigenvalue weighted by atomic mass is 9.73. The third-order valence-corrected chi connectivity index (χ3v) is 8.27. The number of benzene rings is 1. The van der Waals surface area contributed by atoms with Crippen molar-refractivity contribution in [1.82, 2.24) is 19.4 Å². The Hall–Kier alpha value is -2.71. The molecule has 1 aliphatic heterocycles. The minimum absolute atomic E-state index is 0.00152. The molecule has 0 saturated carbocycles. The summed E-state index contributed by atoms with van der Waals surface area (Å²) in [6.07, 6.45) is 8.27. The highest BCUT2D eigenvalue weighted by atomic mass is 35.5. The Morgan fingerprint density at radius 1 is 1.09 bits per heavy atom. The number of anilines is 1. The number of imidazole rings is 1. The predicted octanol–water partition coefficient (Wildman–Crippen LogP) is 4.43. The van der Waals surface area contributed by atoms with Gasteiger partial charge in [0.25, 0.3) is 0 Å². The van der Waals surface area contributed by atoms with Crippen molar-refractivity contribution < 1.29 is 5.11 Å². The molecule has 7 nitrogen and oxygen atoms in total. The van der Waals surface area contributed by atoms with Crippen LogP contribution in [0.25, 0.3) is 16.9 Å². The lowest BCUT2D eigenvalue weighted by molar-refractivity contribution is 0.186. The number of aliphatic hydroxyl groups excluding tert-OH is 1. The van der Waals surface area contributed by atoms with E-state index in [1.165, 1.54) is 5.56 Å². The Morgan fingerprint density at radius 2 is 1.91 bits per heavy atom. The molecular formula is C25H24Cl2N6O. The van der Waals surface area contributed by atoms with E-state index in [0.29, 0.717) is 27.1 Å². The lowest BCUT2D eigenvalue weighted by Gasteiger charge is -2.42. The summed E-state index contributed by atoms with van der Waals surface area (Å²) in [5, 5.41) is 11.0. The Balaban J connectivity index is 1.36. The number of piperidine rings is 1. The van der Waals surface area contributed by atoms with E-state index in [0.717, 1.165) is 49.4 Å². The zero-order chi connectivity index (χ0) is 23.4. The molecule has 4 aromatic rings. The molecule has 1 spiro atoms. The van der Waals surface area contributed by atoms with Gasteiger partial charge in [0.05, 0.1) is 22.3 Å². The van der Waals surface area contributed by atoms with E-state index >= 15 is 0 Å². The molecule has 174 valence electrons. The summed E-state index contributed by atoms with van der Waals surface area (Å²) in [7, 11) is 0. The molecule has 1 fully saturated rings. The van der Waals surface area contributed by atoms with Crippen LogP contribution in [0, 0.1) is 5.41 Å². The third kappa shape index (κ3) is 3.22. The van der Waals surface area contributed by atoms with E-state index < -0.39 is 0 Å². The van der Waals surface area contributed by atoms with Crippen LogP contribution in [-0.4, -0.2) is 37.5 Å². The van der Waals surface area contributed by atoms with Gasteiger partial charge in [-0.3, -0.25) is 9.38 Å². The van der Waals surface area contributed by atoms with Crippen LogP contribution in [0.3, 0.4) is 0 Å². The Labute approximate surface area is 207 Å². The quantitative estimate of drug-likeness (QED) is 0.437. The lowest BCUT2D eigenvalue weighted by Crippen LogP contribution is -2.44. The molecule has 1 aliphatic carbocycles. The number of aliphatic hydroxyl groups is 1. The second-order valence-corrected chi connectivity index (χ2v) is 9.94. The molecule has 0 bridgehead atoms. The average Bonchev–Trinajstić information content (AvgIpc) is 3.37. The van der Waals surface area contributed by atoms with Gasteiger partial charge in [-0.05, 0) is 48.4 Å². The minimum Gasteiger partial charge on any atom is -0.390 e. The first-order chi connectivity index (χ1) is 16.5. The molecule has 1 unspecified atom stereocenters. The molecule has 1 aromatic carbocycles. The van der Waals surface area contributed by atoms with Crippen molar-refractivity contribution in [3.8, 4) is 11.4 Å². The van der Waals surface area contributed by atoms with Gasteiger partial charge >= 0.3 is 0 Å². The molecule has 6 rings (SSSR count). The highest BCUT2D eigenvalue weighted by Gasteiger charge is 2.46. The molecule has 34 heavy (non-hydrogen) atoms.